The molecule has 0 bridgehead atoms. The summed E-state index contributed by atoms with van der Waals surface area (Å²) >= 11 is 1.76. The minimum Gasteiger partial charge on any atom is -0.493 e. The van der Waals surface area contributed by atoms with Crippen LogP contribution in [0.25, 0.3) is 10.8 Å². The molecule has 3 heteroatoms. The number of nitrogen functional groups attached to an aromatic ring is 1. The molecular formula is C16H15NOS. The Morgan fingerprint density at radius 2 is 1.79 bits per heavy atom. The Balaban J connectivity index is 1.79. The first-order valence-electron chi connectivity index (χ1n) is 6.27. The Hall–Kier alpha value is -2.00. The third-order valence-electron chi connectivity index (χ3n) is 3.10. The summed E-state index contributed by atoms with van der Waals surface area (Å²) in [4.78, 5) is 1.35. The fourth-order valence-electron chi connectivity index (χ4n) is 2.14. The van der Waals surface area contributed by atoms with Crippen LogP contribution in [0.3, 0.4) is 0 Å². The van der Waals surface area contributed by atoms with Crippen molar-refractivity contribution in [2.75, 3.05) is 12.3 Å². The summed E-state index contributed by atoms with van der Waals surface area (Å²) in [5, 5.41) is 4.22. The van der Waals surface area contributed by atoms with Crippen molar-refractivity contribution in [1.29, 1.82) is 0 Å². The van der Waals surface area contributed by atoms with Gasteiger partial charge in [-0.05, 0) is 23.6 Å². The second-order valence-corrected chi connectivity index (χ2v) is 5.41. The van der Waals surface area contributed by atoms with E-state index in [2.05, 4.69) is 17.5 Å². The zero-order valence-corrected chi connectivity index (χ0v) is 11.3. The maximum absolute atomic E-state index is 5.98. The van der Waals surface area contributed by atoms with Crippen LogP contribution in [0, 0.1) is 0 Å². The van der Waals surface area contributed by atoms with Gasteiger partial charge in [-0.2, -0.15) is 0 Å². The van der Waals surface area contributed by atoms with Crippen LogP contribution >= 0.6 is 11.3 Å². The Labute approximate surface area is 116 Å². The maximum Gasteiger partial charge on any atom is 0.127 e. The Kier molecular flexibility index (Phi) is 3.38. The van der Waals surface area contributed by atoms with Crippen molar-refractivity contribution in [2.24, 2.45) is 0 Å². The molecule has 2 aromatic carbocycles. The molecule has 96 valence electrons. The first-order valence-corrected chi connectivity index (χ1v) is 7.15. The topological polar surface area (TPSA) is 35.2 Å². The number of ether oxygens (including phenoxy) is 1. The molecule has 0 aliphatic heterocycles. The first-order chi connectivity index (χ1) is 9.34. The normalized spacial score (nSPS) is 10.7. The third kappa shape index (κ3) is 2.56. The van der Waals surface area contributed by atoms with Crippen LogP contribution in [0.5, 0.6) is 5.75 Å². The second kappa shape index (κ2) is 5.33. The highest BCUT2D eigenvalue weighted by molar-refractivity contribution is 7.09. The van der Waals surface area contributed by atoms with Gasteiger partial charge in [0.15, 0.2) is 0 Å². The van der Waals surface area contributed by atoms with E-state index in [-0.39, 0.29) is 0 Å². The number of nitrogens with two attached hydrogens (primary N) is 1. The number of thiophene rings is 1. The summed E-state index contributed by atoms with van der Waals surface area (Å²) in [6, 6.07) is 16.1. The molecule has 2 nitrogen and oxygen atoms in total. The lowest BCUT2D eigenvalue weighted by molar-refractivity contribution is 0.327. The zero-order chi connectivity index (χ0) is 13.1. The number of fused-ring (bicyclic) bond motifs is 1. The molecule has 0 spiro atoms. The lowest BCUT2D eigenvalue weighted by Gasteiger charge is -2.10. The number of hydrogen-bond donors (Lipinski definition) is 1. The molecule has 2 N–H and O–H groups in total. The molecule has 0 radical (unpaired) electrons. The van der Waals surface area contributed by atoms with Crippen LogP contribution < -0.4 is 10.5 Å². The zero-order valence-electron chi connectivity index (χ0n) is 10.5. The molecule has 1 heterocycles. The molecule has 0 aliphatic carbocycles. The fraction of sp³-hybridized carbons (Fsp3) is 0.125. The van der Waals surface area contributed by atoms with E-state index < -0.39 is 0 Å². The van der Waals surface area contributed by atoms with Gasteiger partial charge in [-0.1, -0.05) is 30.3 Å². The van der Waals surface area contributed by atoms with Gasteiger partial charge in [0, 0.05) is 27.8 Å². The van der Waals surface area contributed by atoms with Crippen molar-refractivity contribution < 1.29 is 4.74 Å². The van der Waals surface area contributed by atoms with Crippen LogP contribution in [0.4, 0.5) is 5.69 Å². The van der Waals surface area contributed by atoms with E-state index >= 15 is 0 Å². The summed E-state index contributed by atoms with van der Waals surface area (Å²) in [5.74, 6) is 0.904. The minimum absolute atomic E-state index is 0.689. The summed E-state index contributed by atoms with van der Waals surface area (Å²) in [5.41, 5.74) is 6.77. The van der Waals surface area contributed by atoms with Crippen molar-refractivity contribution in [3.8, 4) is 5.75 Å². The summed E-state index contributed by atoms with van der Waals surface area (Å²) < 4.78 is 5.90. The van der Waals surface area contributed by atoms with Gasteiger partial charge in [-0.15, -0.1) is 11.3 Å². The SMILES string of the molecule is Nc1ccc(OCCc2cccs2)c2ccccc12. The van der Waals surface area contributed by atoms with E-state index in [0.29, 0.717) is 6.61 Å². The van der Waals surface area contributed by atoms with Crippen LogP contribution in [-0.4, -0.2) is 6.61 Å². The fourth-order valence-corrected chi connectivity index (χ4v) is 2.83. The van der Waals surface area contributed by atoms with Gasteiger partial charge in [0.05, 0.1) is 6.61 Å². The van der Waals surface area contributed by atoms with Gasteiger partial charge in [0.25, 0.3) is 0 Å². The Morgan fingerprint density at radius 3 is 2.58 bits per heavy atom. The Morgan fingerprint density at radius 1 is 0.947 bits per heavy atom. The van der Waals surface area contributed by atoms with Crippen LogP contribution in [0.1, 0.15) is 4.88 Å². The Bertz CT molecular complexity index is 676. The van der Waals surface area contributed by atoms with Crippen molar-refractivity contribution in [1.82, 2.24) is 0 Å². The van der Waals surface area contributed by atoms with Crippen molar-refractivity contribution in [3.05, 3.63) is 58.8 Å². The molecule has 0 atom stereocenters. The molecule has 0 unspecified atom stereocenters. The number of hydrogen-bond acceptors (Lipinski definition) is 3. The van der Waals surface area contributed by atoms with E-state index in [9.17, 15) is 0 Å². The molecule has 1 aromatic heterocycles. The first kappa shape index (κ1) is 12.1. The van der Waals surface area contributed by atoms with Crippen molar-refractivity contribution in [3.63, 3.8) is 0 Å². The van der Waals surface area contributed by atoms with E-state index in [4.69, 9.17) is 10.5 Å². The lowest BCUT2D eigenvalue weighted by atomic mass is 10.1. The maximum atomic E-state index is 5.98. The van der Waals surface area contributed by atoms with Gasteiger partial charge >= 0.3 is 0 Å². The quantitative estimate of drug-likeness (QED) is 0.724. The molecular weight excluding hydrogens is 254 g/mol. The molecule has 3 rings (SSSR count). The average molecular weight is 269 g/mol. The monoisotopic (exact) mass is 269 g/mol. The highest BCUT2D eigenvalue weighted by atomic mass is 32.1. The smallest absolute Gasteiger partial charge is 0.127 e. The van der Waals surface area contributed by atoms with Gasteiger partial charge in [-0.25, -0.2) is 0 Å². The second-order valence-electron chi connectivity index (χ2n) is 4.38. The van der Waals surface area contributed by atoms with Crippen LogP contribution in [-0.2, 0) is 6.42 Å². The number of benzene rings is 2. The van der Waals surface area contributed by atoms with Gasteiger partial charge < -0.3 is 10.5 Å². The summed E-state index contributed by atoms with van der Waals surface area (Å²) in [7, 11) is 0. The van der Waals surface area contributed by atoms with E-state index in [1.807, 2.05) is 36.4 Å². The molecule has 0 fully saturated rings. The predicted octanol–water partition coefficient (Wildman–Crippen LogP) is 4.11. The van der Waals surface area contributed by atoms with Gasteiger partial charge in [-0.3, -0.25) is 0 Å². The van der Waals surface area contributed by atoms with E-state index in [0.717, 1.165) is 28.6 Å². The minimum atomic E-state index is 0.689. The highest BCUT2D eigenvalue weighted by Gasteiger charge is 2.04. The van der Waals surface area contributed by atoms with Crippen molar-refractivity contribution >= 4 is 27.8 Å². The average Bonchev–Trinajstić information content (AvgIpc) is 2.95. The number of rotatable bonds is 4. The lowest BCUT2D eigenvalue weighted by Crippen LogP contribution is -2.01. The predicted molar refractivity (Wildman–Crippen MR) is 81.9 cm³/mol. The molecule has 0 amide bonds. The molecule has 3 aromatic rings. The molecule has 0 saturated heterocycles. The van der Waals surface area contributed by atoms with Crippen LogP contribution in [0.2, 0.25) is 0 Å². The van der Waals surface area contributed by atoms with E-state index in [1.54, 1.807) is 11.3 Å². The number of anilines is 1. The summed E-state index contributed by atoms with van der Waals surface area (Å²) in [6.07, 6.45) is 0.941. The molecule has 0 saturated carbocycles. The van der Waals surface area contributed by atoms with Gasteiger partial charge in [0.2, 0.25) is 0 Å². The largest absolute Gasteiger partial charge is 0.493 e. The molecule has 19 heavy (non-hydrogen) atoms. The highest BCUT2D eigenvalue weighted by Crippen LogP contribution is 2.29. The van der Waals surface area contributed by atoms with E-state index in [1.165, 1.54) is 4.88 Å². The van der Waals surface area contributed by atoms with Crippen LogP contribution in [0.15, 0.2) is 53.9 Å². The standard InChI is InChI=1S/C16H15NOS/c17-15-7-8-16(14-6-2-1-5-13(14)15)18-10-9-12-4-3-11-19-12/h1-8,11H,9-10,17H2. The third-order valence-corrected chi connectivity index (χ3v) is 4.04. The summed E-state index contributed by atoms with van der Waals surface area (Å²) in [6.45, 7) is 0.689. The van der Waals surface area contributed by atoms with Gasteiger partial charge in [0.1, 0.15) is 5.75 Å². The molecule has 0 aliphatic rings. The van der Waals surface area contributed by atoms with Crippen molar-refractivity contribution in [2.45, 2.75) is 6.42 Å².